The summed E-state index contributed by atoms with van der Waals surface area (Å²) < 4.78 is 12.9. The molecule has 2 aromatic rings. The Bertz CT molecular complexity index is 540. The Morgan fingerprint density at radius 3 is 2.76 bits per heavy atom. The molecule has 1 aromatic carbocycles. The standard InChI is InChI=1S/C13H11FN2O/c1-9-8-10(14)5-6-11(9)13(17)16-12-4-2-3-7-15-12/h2-8H,1H3,(H,15,16,17). The minimum atomic E-state index is -0.350. The summed E-state index contributed by atoms with van der Waals surface area (Å²) in [6.45, 7) is 1.69. The number of hydrogen-bond donors (Lipinski definition) is 1. The minimum Gasteiger partial charge on any atom is -0.307 e. The van der Waals surface area contributed by atoms with E-state index in [2.05, 4.69) is 10.3 Å². The summed E-state index contributed by atoms with van der Waals surface area (Å²) in [7, 11) is 0. The Labute approximate surface area is 98.3 Å². The lowest BCUT2D eigenvalue weighted by atomic mass is 10.1. The van der Waals surface area contributed by atoms with Crippen LogP contribution in [0.25, 0.3) is 0 Å². The summed E-state index contributed by atoms with van der Waals surface area (Å²) in [6, 6.07) is 9.28. The number of rotatable bonds is 2. The number of aromatic nitrogens is 1. The highest BCUT2D eigenvalue weighted by atomic mass is 19.1. The van der Waals surface area contributed by atoms with Crippen LogP contribution >= 0.6 is 0 Å². The van der Waals surface area contributed by atoms with E-state index in [9.17, 15) is 9.18 Å². The number of hydrogen-bond acceptors (Lipinski definition) is 2. The first-order chi connectivity index (χ1) is 8.16. The van der Waals surface area contributed by atoms with E-state index in [1.807, 2.05) is 0 Å². The molecule has 86 valence electrons. The molecule has 17 heavy (non-hydrogen) atoms. The van der Waals surface area contributed by atoms with Gasteiger partial charge in [0.05, 0.1) is 0 Å². The van der Waals surface area contributed by atoms with Gasteiger partial charge in [0.25, 0.3) is 5.91 Å². The first-order valence-electron chi connectivity index (χ1n) is 5.15. The molecular weight excluding hydrogens is 219 g/mol. The molecule has 0 spiro atoms. The molecule has 1 heterocycles. The molecular formula is C13H11FN2O. The molecule has 0 aliphatic carbocycles. The first kappa shape index (κ1) is 11.3. The van der Waals surface area contributed by atoms with E-state index in [1.54, 1.807) is 31.3 Å². The van der Waals surface area contributed by atoms with Crippen LogP contribution < -0.4 is 5.32 Å². The van der Waals surface area contributed by atoms with E-state index in [1.165, 1.54) is 18.2 Å². The van der Waals surface area contributed by atoms with Crippen molar-refractivity contribution in [1.29, 1.82) is 0 Å². The van der Waals surface area contributed by atoms with Crippen LogP contribution in [0.3, 0.4) is 0 Å². The van der Waals surface area contributed by atoms with Gasteiger partial charge in [-0.1, -0.05) is 6.07 Å². The van der Waals surface area contributed by atoms with Crippen LogP contribution in [0, 0.1) is 12.7 Å². The molecule has 0 saturated heterocycles. The molecule has 0 aliphatic rings. The van der Waals surface area contributed by atoms with Gasteiger partial charge in [-0.3, -0.25) is 4.79 Å². The maximum absolute atomic E-state index is 12.9. The van der Waals surface area contributed by atoms with Crippen molar-refractivity contribution in [1.82, 2.24) is 4.98 Å². The quantitative estimate of drug-likeness (QED) is 0.861. The van der Waals surface area contributed by atoms with Crippen LogP contribution in [0.1, 0.15) is 15.9 Å². The molecule has 2 rings (SSSR count). The molecule has 3 nitrogen and oxygen atoms in total. The predicted molar refractivity (Wildman–Crippen MR) is 63.3 cm³/mol. The number of nitrogens with one attached hydrogen (secondary N) is 1. The van der Waals surface area contributed by atoms with E-state index in [0.29, 0.717) is 16.9 Å². The number of carbonyl (C=O) groups excluding carboxylic acids is 1. The molecule has 1 amide bonds. The lowest BCUT2D eigenvalue weighted by Crippen LogP contribution is -2.14. The van der Waals surface area contributed by atoms with E-state index in [4.69, 9.17) is 0 Å². The van der Waals surface area contributed by atoms with Crippen molar-refractivity contribution in [3.05, 3.63) is 59.5 Å². The highest BCUT2D eigenvalue weighted by molar-refractivity contribution is 6.04. The van der Waals surface area contributed by atoms with Crippen molar-refractivity contribution in [3.63, 3.8) is 0 Å². The molecule has 0 atom stereocenters. The maximum atomic E-state index is 12.9. The van der Waals surface area contributed by atoms with Crippen LogP contribution in [0.4, 0.5) is 10.2 Å². The minimum absolute atomic E-state index is 0.291. The molecule has 0 radical (unpaired) electrons. The van der Waals surface area contributed by atoms with Crippen molar-refractivity contribution >= 4 is 11.7 Å². The van der Waals surface area contributed by atoms with E-state index in [-0.39, 0.29) is 11.7 Å². The zero-order valence-corrected chi connectivity index (χ0v) is 9.27. The second kappa shape index (κ2) is 4.74. The molecule has 1 aromatic heterocycles. The van der Waals surface area contributed by atoms with E-state index < -0.39 is 0 Å². The fourth-order valence-electron chi connectivity index (χ4n) is 1.50. The van der Waals surface area contributed by atoms with Crippen molar-refractivity contribution in [3.8, 4) is 0 Å². The smallest absolute Gasteiger partial charge is 0.257 e. The van der Waals surface area contributed by atoms with Gasteiger partial charge in [0.15, 0.2) is 0 Å². The van der Waals surface area contributed by atoms with Crippen LogP contribution in [0.5, 0.6) is 0 Å². The average molecular weight is 230 g/mol. The molecule has 1 N–H and O–H groups in total. The number of aryl methyl sites for hydroxylation is 1. The summed E-state index contributed by atoms with van der Waals surface area (Å²) in [5, 5.41) is 2.65. The normalized spacial score (nSPS) is 10.0. The predicted octanol–water partition coefficient (Wildman–Crippen LogP) is 2.78. The number of anilines is 1. The Kier molecular flexibility index (Phi) is 3.14. The Balaban J connectivity index is 2.21. The van der Waals surface area contributed by atoms with E-state index >= 15 is 0 Å². The van der Waals surface area contributed by atoms with Gasteiger partial charge in [-0.2, -0.15) is 0 Å². The molecule has 0 saturated carbocycles. The maximum Gasteiger partial charge on any atom is 0.257 e. The Morgan fingerprint density at radius 1 is 1.29 bits per heavy atom. The SMILES string of the molecule is Cc1cc(F)ccc1C(=O)Nc1ccccn1. The molecule has 0 fully saturated rings. The highest BCUT2D eigenvalue weighted by Gasteiger charge is 2.09. The molecule has 0 unspecified atom stereocenters. The number of pyridine rings is 1. The number of halogens is 1. The second-order valence-electron chi connectivity index (χ2n) is 3.63. The van der Waals surface area contributed by atoms with Gasteiger partial charge in [0, 0.05) is 11.8 Å². The monoisotopic (exact) mass is 230 g/mol. The first-order valence-corrected chi connectivity index (χ1v) is 5.15. The summed E-state index contributed by atoms with van der Waals surface area (Å²) >= 11 is 0. The van der Waals surface area contributed by atoms with Crippen molar-refractivity contribution in [2.24, 2.45) is 0 Å². The highest BCUT2D eigenvalue weighted by Crippen LogP contribution is 2.12. The summed E-state index contributed by atoms with van der Waals surface area (Å²) in [4.78, 5) is 15.9. The van der Waals surface area contributed by atoms with Gasteiger partial charge in [0.2, 0.25) is 0 Å². The van der Waals surface area contributed by atoms with Crippen molar-refractivity contribution < 1.29 is 9.18 Å². The largest absolute Gasteiger partial charge is 0.307 e. The summed E-state index contributed by atoms with van der Waals surface area (Å²) in [6.07, 6.45) is 1.59. The Morgan fingerprint density at radius 2 is 2.12 bits per heavy atom. The second-order valence-corrected chi connectivity index (χ2v) is 3.63. The fraction of sp³-hybridized carbons (Fsp3) is 0.0769. The topological polar surface area (TPSA) is 42.0 Å². The zero-order valence-electron chi connectivity index (χ0n) is 9.27. The third-order valence-electron chi connectivity index (χ3n) is 2.34. The van der Waals surface area contributed by atoms with Gasteiger partial charge in [-0.15, -0.1) is 0 Å². The summed E-state index contributed by atoms with van der Waals surface area (Å²) in [5.41, 5.74) is 1.04. The van der Waals surface area contributed by atoms with Crippen molar-refractivity contribution in [2.75, 3.05) is 5.32 Å². The van der Waals surface area contributed by atoms with Crippen LogP contribution in [0.2, 0.25) is 0 Å². The van der Waals surface area contributed by atoms with Crippen LogP contribution in [-0.2, 0) is 0 Å². The van der Waals surface area contributed by atoms with Gasteiger partial charge in [-0.05, 0) is 42.8 Å². The van der Waals surface area contributed by atoms with Crippen LogP contribution in [-0.4, -0.2) is 10.9 Å². The van der Waals surface area contributed by atoms with Gasteiger partial charge >= 0.3 is 0 Å². The Hall–Kier alpha value is -2.23. The third-order valence-corrected chi connectivity index (χ3v) is 2.34. The number of benzene rings is 1. The van der Waals surface area contributed by atoms with E-state index in [0.717, 1.165) is 0 Å². The third kappa shape index (κ3) is 2.66. The lowest BCUT2D eigenvalue weighted by molar-refractivity contribution is 0.102. The van der Waals surface area contributed by atoms with Gasteiger partial charge < -0.3 is 5.32 Å². The zero-order chi connectivity index (χ0) is 12.3. The summed E-state index contributed by atoms with van der Waals surface area (Å²) in [5.74, 6) is -0.167. The fourth-order valence-corrected chi connectivity index (χ4v) is 1.50. The number of nitrogens with zero attached hydrogens (tertiary/aromatic N) is 1. The average Bonchev–Trinajstić information content (AvgIpc) is 2.30. The van der Waals surface area contributed by atoms with Gasteiger partial charge in [-0.25, -0.2) is 9.37 Å². The molecule has 0 bridgehead atoms. The lowest BCUT2D eigenvalue weighted by Gasteiger charge is -2.06. The van der Waals surface area contributed by atoms with Gasteiger partial charge in [0.1, 0.15) is 11.6 Å². The van der Waals surface area contributed by atoms with Crippen LogP contribution in [0.15, 0.2) is 42.6 Å². The molecule has 4 heteroatoms. The number of carbonyl (C=O) groups is 1. The molecule has 0 aliphatic heterocycles. The number of amides is 1. The van der Waals surface area contributed by atoms with Crippen molar-refractivity contribution in [2.45, 2.75) is 6.92 Å².